The standard InChI is InChI=1S/C24H23N5O2S/c1-16-7-8-17(2)21(14-16)26-22(30)15-32-24-28-27-23(20-6-4-5-13-25-20)29(24)18-9-11-19(31-3)12-10-18/h4-14H,15H2,1-3H3,(H,26,30). The molecule has 7 nitrogen and oxygen atoms in total. The van der Waals surface area contributed by atoms with Crippen LogP contribution in [0.3, 0.4) is 0 Å². The van der Waals surface area contributed by atoms with Crippen LogP contribution in [0.4, 0.5) is 5.69 Å². The molecule has 2 aromatic heterocycles. The molecule has 8 heteroatoms. The molecule has 0 aliphatic carbocycles. The second-order valence-corrected chi connectivity index (χ2v) is 8.15. The van der Waals surface area contributed by atoms with Gasteiger partial charge in [0.15, 0.2) is 11.0 Å². The molecule has 0 aliphatic rings. The molecule has 2 aromatic carbocycles. The number of pyridine rings is 1. The first-order valence-corrected chi connectivity index (χ1v) is 11.0. The lowest BCUT2D eigenvalue weighted by Gasteiger charge is -2.11. The Morgan fingerprint density at radius 3 is 2.59 bits per heavy atom. The van der Waals surface area contributed by atoms with Crippen molar-refractivity contribution in [1.82, 2.24) is 19.7 Å². The Morgan fingerprint density at radius 1 is 1.06 bits per heavy atom. The van der Waals surface area contributed by atoms with Crippen molar-refractivity contribution in [2.24, 2.45) is 0 Å². The molecule has 162 valence electrons. The number of hydrogen-bond acceptors (Lipinski definition) is 6. The average molecular weight is 446 g/mol. The number of hydrogen-bond donors (Lipinski definition) is 1. The van der Waals surface area contributed by atoms with Gasteiger partial charge in [0, 0.05) is 11.9 Å². The van der Waals surface area contributed by atoms with Crippen molar-refractivity contribution < 1.29 is 9.53 Å². The highest BCUT2D eigenvalue weighted by Gasteiger charge is 2.18. The molecule has 0 saturated heterocycles. The molecule has 0 unspecified atom stereocenters. The summed E-state index contributed by atoms with van der Waals surface area (Å²) < 4.78 is 7.17. The van der Waals surface area contributed by atoms with Gasteiger partial charge in [-0.3, -0.25) is 14.3 Å². The number of ether oxygens (including phenoxy) is 1. The number of thioether (sulfide) groups is 1. The Balaban J connectivity index is 1.60. The number of amides is 1. The van der Waals surface area contributed by atoms with Crippen LogP contribution in [0, 0.1) is 13.8 Å². The van der Waals surface area contributed by atoms with Crippen molar-refractivity contribution in [3.8, 4) is 23.0 Å². The molecule has 0 aliphatic heterocycles. The first kappa shape index (κ1) is 21.6. The summed E-state index contributed by atoms with van der Waals surface area (Å²) >= 11 is 1.32. The highest BCUT2D eigenvalue weighted by Crippen LogP contribution is 2.28. The summed E-state index contributed by atoms with van der Waals surface area (Å²) in [5, 5.41) is 12.3. The van der Waals surface area contributed by atoms with E-state index in [1.165, 1.54) is 11.8 Å². The highest BCUT2D eigenvalue weighted by molar-refractivity contribution is 7.99. The Bertz CT molecular complexity index is 1220. The normalized spacial score (nSPS) is 10.7. The highest BCUT2D eigenvalue weighted by atomic mass is 32.2. The minimum Gasteiger partial charge on any atom is -0.497 e. The Hall–Kier alpha value is -3.65. The van der Waals surface area contributed by atoms with Gasteiger partial charge in [0.05, 0.1) is 18.6 Å². The molecular formula is C24H23N5O2S. The fourth-order valence-electron chi connectivity index (χ4n) is 3.18. The minimum atomic E-state index is -0.104. The van der Waals surface area contributed by atoms with Gasteiger partial charge in [-0.25, -0.2) is 0 Å². The maximum Gasteiger partial charge on any atom is 0.234 e. The zero-order valence-electron chi connectivity index (χ0n) is 18.1. The van der Waals surface area contributed by atoms with E-state index in [1.54, 1.807) is 13.3 Å². The van der Waals surface area contributed by atoms with Crippen molar-refractivity contribution in [2.45, 2.75) is 19.0 Å². The molecule has 1 amide bonds. The van der Waals surface area contributed by atoms with Gasteiger partial charge in [-0.05, 0) is 67.4 Å². The van der Waals surface area contributed by atoms with Crippen LogP contribution in [0.1, 0.15) is 11.1 Å². The maximum absolute atomic E-state index is 12.6. The van der Waals surface area contributed by atoms with E-state index in [9.17, 15) is 4.79 Å². The fourth-order valence-corrected chi connectivity index (χ4v) is 3.93. The van der Waals surface area contributed by atoms with E-state index >= 15 is 0 Å². The molecule has 2 heterocycles. The van der Waals surface area contributed by atoms with Gasteiger partial charge in [-0.15, -0.1) is 10.2 Å². The van der Waals surface area contributed by atoms with E-state index in [2.05, 4.69) is 20.5 Å². The first-order valence-electron chi connectivity index (χ1n) is 10.1. The van der Waals surface area contributed by atoms with Gasteiger partial charge in [0.25, 0.3) is 0 Å². The van der Waals surface area contributed by atoms with Crippen molar-refractivity contribution in [1.29, 1.82) is 0 Å². The van der Waals surface area contributed by atoms with Crippen molar-refractivity contribution in [3.05, 3.63) is 78.0 Å². The molecule has 1 N–H and O–H groups in total. The Labute approximate surface area is 190 Å². The average Bonchev–Trinajstić information content (AvgIpc) is 3.25. The largest absolute Gasteiger partial charge is 0.497 e. The zero-order chi connectivity index (χ0) is 22.5. The van der Waals surface area contributed by atoms with Gasteiger partial charge >= 0.3 is 0 Å². The summed E-state index contributed by atoms with van der Waals surface area (Å²) in [6.07, 6.45) is 1.72. The topological polar surface area (TPSA) is 81.9 Å². The number of nitrogens with one attached hydrogen (secondary N) is 1. The summed E-state index contributed by atoms with van der Waals surface area (Å²) in [6.45, 7) is 3.97. The SMILES string of the molecule is COc1ccc(-n2c(SCC(=O)Nc3cc(C)ccc3C)nnc2-c2ccccn2)cc1. The summed E-state index contributed by atoms with van der Waals surface area (Å²) in [5.74, 6) is 1.45. The third-order valence-corrected chi connectivity index (χ3v) is 5.79. The molecule has 32 heavy (non-hydrogen) atoms. The number of aromatic nitrogens is 4. The quantitative estimate of drug-likeness (QED) is 0.416. The second kappa shape index (κ2) is 9.65. The van der Waals surface area contributed by atoms with Crippen LogP contribution in [0.5, 0.6) is 5.75 Å². The maximum atomic E-state index is 12.6. The lowest BCUT2D eigenvalue weighted by molar-refractivity contribution is -0.113. The van der Waals surface area contributed by atoms with E-state index in [4.69, 9.17) is 4.74 Å². The summed E-state index contributed by atoms with van der Waals surface area (Å²) in [4.78, 5) is 17.1. The molecule has 0 bridgehead atoms. The number of aryl methyl sites for hydroxylation is 2. The second-order valence-electron chi connectivity index (χ2n) is 7.21. The van der Waals surface area contributed by atoms with E-state index in [0.717, 1.165) is 28.3 Å². The summed E-state index contributed by atoms with van der Waals surface area (Å²) in [7, 11) is 1.63. The molecule has 4 aromatic rings. The molecule has 4 rings (SSSR count). The lowest BCUT2D eigenvalue weighted by Crippen LogP contribution is -2.15. The molecule has 0 spiro atoms. The molecule has 0 fully saturated rings. The number of methoxy groups -OCH3 is 1. The number of nitrogens with zero attached hydrogens (tertiary/aromatic N) is 4. The molecule has 0 radical (unpaired) electrons. The number of anilines is 1. The predicted octanol–water partition coefficient (Wildman–Crippen LogP) is 4.69. The number of rotatable bonds is 7. The Kier molecular flexibility index (Phi) is 6.51. The van der Waals surface area contributed by atoms with Gasteiger partial charge in [0.1, 0.15) is 11.4 Å². The number of carbonyl (C=O) groups excluding carboxylic acids is 1. The lowest BCUT2D eigenvalue weighted by atomic mass is 10.1. The van der Waals surface area contributed by atoms with Gasteiger partial charge in [-0.2, -0.15) is 0 Å². The van der Waals surface area contributed by atoms with Gasteiger partial charge in [0.2, 0.25) is 5.91 Å². The van der Waals surface area contributed by atoms with Crippen LogP contribution in [-0.2, 0) is 4.79 Å². The Morgan fingerprint density at radius 2 is 1.88 bits per heavy atom. The van der Waals surface area contributed by atoms with Crippen molar-refractivity contribution >= 4 is 23.4 Å². The monoisotopic (exact) mass is 445 g/mol. The predicted molar refractivity (Wildman–Crippen MR) is 126 cm³/mol. The van der Waals surface area contributed by atoms with Crippen molar-refractivity contribution in [3.63, 3.8) is 0 Å². The number of benzene rings is 2. The summed E-state index contributed by atoms with van der Waals surface area (Å²) in [5.41, 5.74) is 4.49. The van der Waals surface area contributed by atoms with E-state index in [-0.39, 0.29) is 11.7 Å². The van der Waals surface area contributed by atoms with E-state index in [1.807, 2.05) is 79.1 Å². The molecule has 0 atom stereocenters. The fraction of sp³-hybridized carbons (Fsp3) is 0.167. The summed E-state index contributed by atoms with van der Waals surface area (Å²) in [6, 6.07) is 19.2. The van der Waals surface area contributed by atoms with Gasteiger partial charge < -0.3 is 10.1 Å². The van der Waals surface area contributed by atoms with Crippen LogP contribution in [-0.4, -0.2) is 38.5 Å². The third kappa shape index (κ3) is 4.81. The molecular weight excluding hydrogens is 422 g/mol. The van der Waals surface area contributed by atoms with Crippen LogP contribution >= 0.6 is 11.8 Å². The van der Waals surface area contributed by atoms with E-state index < -0.39 is 0 Å². The molecule has 0 saturated carbocycles. The number of carbonyl (C=O) groups is 1. The third-order valence-electron chi connectivity index (χ3n) is 4.86. The smallest absolute Gasteiger partial charge is 0.234 e. The van der Waals surface area contributed by atoms with Crippen LogP contribution in [0.25, 0.3) is 17.2 Å². The van der Waals surface area contributed by atoms with Crippen LogP contribution in [0.15, 0.2) is 72.0 Å². The van der Waals surface area contributed by atoms with Crippen molar-refractivity contribution in [2.75, 3.05) is 18.2 Å². The van der Waals surface area contributed by atoms with Crippen LogP contribution in [0.2, 0.25) is 0 Å². The first-order chi connectivity index (χ1) is 15.5. The zero-order valence-corrected chi connectivity index (χ0v) is 18.9. The van der Waals surface area contributed by atoms with Crippen LogP contribution < -0.4 is 10.1 Å². The minimum absolute atomic E-state index is 0.104. The van der Waals surface area contributed by atoms with E-state index in [0.29, 0.717) is 16.7 Å². The van der Waals surface area contributed by atoms with Gasteiger partial charge in [-0.1, -0.05) is 30.0 Å².